The third-order valence-electron chi connectivity index (χ3n) is 3.53. The molecule has 0 amide bonds. The first-order chi connectivity index (χ1) is 5.14. The quantitative estimate of drug-likeness (QED) is 0.560. The predicted octanol–water partition coefficient (Wildman–Crippen LogP) is 1.19. The Labute approximate surface area is 69.1 Å². The number of nitrogens with zero attached hydrogens (tertiary/aromatic N) is 2. The molecule has 1 aliphatic carbocycles. The summed E-state index contributed by atoms with van der Waals surface area (Å²) in [4.78, 5) is 0. The number of rotatable bonds is 1. The average molecular weight is 154 g/mol. The number of hydrogen-bond acceptors (Lipinski definition) is 2. The van der Waals surface area contributed by atoms with E-state index in [4.69, 9.17) is 0 Å². The minimum atomic E-state index is 0.740. The molecular formula is C9H18N2. The summed E-state index contributed by atoms with van der Waals surface area (Å²) in [5, 5.41) is 4.70. The van der Waals surface area contributed by atoms with Crippen LogP contribution in [0.5, 0.6) is 0 Å². The molecule has 1 saturated carbocycles. The van der Waals surface area contributed by atoms with Gasteiger partial charge < -0.3 is 0 Å². The van der Waals surface area contributed by atoms with Crippen molar-refractivity contribution >= 4 is 0 Å². The van der Waals surface area contributed by atoms with Crippen molar-refractivity contribution in [3.05, 3.63) is 0 Å². The highest BCUT2D eigenvalue weighted by atomic mass is 15.6. The van der Waals surface area contributed by atoms with Gasteiger partial charge in [0, 0.05) is 27.2 Å². The van der Waals surface area contributed by atoms with E-state index in [1.807, 2.05) is 0 Å². The van der Waals surface area contributed by atoms with Gasteiger partial charge in [-0.2, -0.15) is 0 Å². The van der Waals surface area contributed by atoms with Crippen molar-refractivity contribution in [1.82, 2.24) is 10.0 Å². The summed E-state index contributed by atoms with van der Waals surface area (Å²) in [6.45, 7) is 4.97. The summed E-state index contributed by atoms with van der Waals surface area (Å²) >= 11 is 0. The fourth-order valence-electron chi connectivity index (χ4n) is 2.33. The molecule has 0 aromatic carbocycles. The molecule has 2 rings (SSSR count). The lowest BCUT2D eigenvalue weighted by atomic mass is 10.0. The van der Waals surface area contributed by atoms with Crippen LogP contribution in [0.3, 0.4) is 0 Å². The third-order valence-corrected chi connectivity index (χ3v) is 3.53. The van der Waals surface area contributed by atoms with E-state index in [0.717, 1.165) is 11.3 Å². The maximum atomic E-state index is 2.46. The number of hydrazine groups is 1. The normalized spacial score (nSPS) is 44.2. The number of hydrogen-bond donors (Lipinski definition) is 0. The molecule has 2 atom stereocenters. The van der Waals surface area contributed by atoms with E-state index in [1.165, 1.54) is 25.9 Å². The van der Waals surface area contributed by atoms with E-state index in [9.17, 15) is 0 Å². The van der Waals surface area contributed by atoms with Crippen LogP contribution in [0.4, 0.5) is 0 Å². The molecule has 1 aliphatic heterocycles. The molecule has 1 unspecified atom stereocenters. The second-order valence-electron chi connectivity index (χ2n) is 4.45. The van der Waals surface area contributed by atoms with Crippen LogP contribution in [0, 0.1) is 11.3 Å². The van der Waals surface area contributed by atoms with Crippen molar-refractivity contribution in [3.8, 4) is 0 Å². The lowest BCUT2D eigenvalue weighted by Gasteiger charge is -2.23. The van der Waals surface area contributed by atoms with Crippen LogP contribution in [-0.4, -0.2) is 37.2 Å². The summed E-state index contributed by atoms with van der Waals surface area (Å²) in [5.74, 6) is 0.993. The Hall–Kier alpha value is -0.0800. The standard InChI is InChI=1S/C9H18N2/c1-8-6-9(8)4-5-11(7-9)10(2)3/h8H,4-7H2,1-3H3/t8-,9?/m0/s1. The first kappa shape index (κ1) is 7.56. The second-order valence-corrected chi connectivity index (χ2v) is 4.45. The van der Waals surface area contributed by atoms with Gasteiger partial charge in [0.1, 0.15) is 0 Å². The smallest absolute Gasteiger partial charge is 0.0192 e. The third kappa shape index (κ3) is 1.09. The summed E-state index contributed by atoms with van der Waals surface area (Å²) in [5.41, 5.74) is 0.740. The topological polar surface area (TPSA) is 6.48 Å². The molecule has 2 aliphatic rings. The molecule has 2 fully saturated rings. The Morgan fingerprint density at radius 2 is 2.09 bits per heavy atom. The molecule has 0 N–H and O–H groups in total. The van der Waals surface area contributed by atoms with Crippen molar-refractivity contribution in [1.29, 1.82) is 0 Å². The van der Waals surface area contributed by atoms with Gasteiger partial charge in [0.25, 0.3) is 0 Å². The van der Waals surface area contributed by atoms with Crippen molar-refractivity contribution in [3.63, 3.8) is 0 Å². The summed E-state index contributed by atoms with van der Waals surface area (Å²) in [7, 11) is 4.29. The Balaban J connectivity index is 1.95. The van der Waals surface area contributed by atoms with Gasteiger partial charge in [-0.3, -0.25) is 0 Å². The van der Waals surface area contributed by atoms with Gasteiger partial charge >= 0.3 is 0 Å². The minimum absolute atomic E-state index is 0.740. The molecule has 0 aromatic heterocycles. The van der Waals surface area contributed by atoms with Gasteiger partial charge in [0.2, 0.25) is 0 Å². The van der Waals surface area contributed by atoms with Gasteiger partial charge in [-0.05, 0) is 24.2 Å². The van der Waals surface area contributed by atoms with Gasteiger partial charge in [-0.15, -0.1) is 0 Å². The molecule has 1 saturated heterocycles. The Kier molecular flexibility index (Phi) is 1.52. The van der Waals surface area contributed by atoms with Crippen molar-refractivity contribution in [2.24, 2.45) is 11.3 Å². The molecule has 0 aromatic rings. The SMILES string of the molecule is C[C@H]1CC12CCN(N(C)C)C2. The van der Waals surface area contributed by atoms with Crippen LogP contribution in [-0.2, 0) is 0 Å². The summed E-state index contributed by atoms with van der Waals surface area (Å²) < 4.78 is 0. The Morgan fingerprint density at radius 3 is 2.36 bits per heavy atom. The van der Waals surface area contributed by atoms with Crippen molar-refractivity contribution in [2.75, 3.05) is 27.2 Å². The van der Waals surface area contributed by atoms with Gasteiger partial charge in [0.15, 0.2) is 0 Å². The Morgan fingerprint density at radius 1 is 1.45 bits per heavy atom. The van der Waals surface area contributed by atoms with Crippen LogP contribution >= 0.6 is 0 Å². The van der Waals surface area contributed by atoms with Gasteiger partial charge in [-0.1, -0.05) is 6.92 Å². The fourth-order valence-corrected chi connectivity index (χ4v) is 2.33. The van der Waals surface area contributed by atoms with Crippen molar-refractivity contribution in [2.45, 2.75) is 19.8 Å². The lowest BCUT2D eigenvalue weighted by molar-refractivity contribution is 0.0468. The Bertz CT molecular complexity index is 167. The minimum Gasteiger partial charge on any atom is -0.248 e. The zero-order valence-electron chi connectivity index (χ0n) is 7.80. The van der Waals surface area contributed by atoms with E-state index < -0.39 is 0 Å². The first-order valence-corrected chi connectivity index (χ1v) is 4.56. The average Bonchev–Trinajstić information content (AvgIpc) is 2.44. The molecule has 11 heavy (non-hydrogen) atoms. The van der Waals surface area contributed by atoms with Crippen LogP contribution in [0.2, 0.25) is 0 Å². The zero-order chi connectivity index (χ0) is 8.06. The maximum absolute atomic E-state index is 2.46. The zero-order valence-corrected chi connectivity index (χ0v) is 7.80. The highest BCUT2D eigenvalue weighted by Crippen LogP contribution is 2.58. The van der Waals surface area contributed by atoms with Gasteiger partial charge in [0.05, 0.1) is 0 Å². The van der Waals surface area contributed by atoms with E-state index in [-0.39, 0.29) is 0 Å². The van der Waals surface area contributed by atoms with E-state index >= 15 is 0 Å². The predicted molar refractivity (Wildman–Crippen MR) is 46.1 cm³/mol. The highest BCUT2D eigenvalue weighted by molar-refractivity contribution is 5.04. The highest BCUT2D eigenvalue weighted by Gasteiger charge is 2.54. The largest absolute Gasteiger partial charge is 0.248 e. The summed E-state index contributed by atoms with van der Waals surface area (Å²) in [6.07, 6.45) is 2.89. The maximum Gasteiger partial charge on any atom is 0.0192 e. The van der Waals surface area contributed by atoms with E-state index in [2.05, 4.69) is 31.0 Å². The molecule has 0 bridgehead atoms. The molecule has 2 heteroatoms. The monoisotopic (exact) mass is 154 g/mol. The van der Waals surface area contributed by atoms with Crippen LogP contribution in [0.15, 0.2) is 0 Å². The second kappa shape index (κ2) is 2.20. The van der Waals surface area contributed by atoms with E-state index in [1.54, 1.807) is 0 Å². The molecule has 1 heterocycles. The van der Waals surface area contributed by atoms with Crippen LogP contribution in [0.1, 0.15) is 19.8 Å². The summed E-state index contributed by atoms with van der Waals surface area (Å²) in [6, 6.07) is 0. The first-order valence-electron chi connectivity index (χ1n) is 4.56. The van der Waals surface area contributed by atoms with Crippen molar-refractivity contribution < 1.29 is 0 Å². The van der Waals surface area contributed by atoms with Crippen LogP contribution < -0.4 is 0 Å². The molecule has 64 valence electrons. The molecular weight excluding hydrogens is 136 g/mol. The molecule has 2 nitrogen and oxygen atoms in total. The van der Waals surface area contributed by atoms with Gasteiger partial charge in [-0.25, -0.2) is 10.0 Å². The lowest BCUT2D eigenvalue weighted by Crippen LogP contribution is -2.35. The molecule has 0 radical (unpaired) electrons. The van der Waals surface area contributed by atoms with Crippen LogP contribution in [0.25, 0.3) is 0 Å². The fraction of sp³-hybridized carbons (Fsp3) is 1.00. The van der Waals surface area contributed by atoms with E-state index in [0.29, 0.717) is 0 Å². The molecule has 1 spiro atoms.